The molecule has 0 radical (unpaired) electrons. The summed E-state index contributed by atoms with van der Waals surface area (Å²) in [4.78, 5) is 34.1. The van der Waals surface area contributed by atoms with E-state index >= 15 is 0 Å². The molecule has 0 spiro atoms. The number of hydrogen-bond acceptors (Lipinski definition) is 6. The van der Waals surface area contributed by atoms with E-state index in [0.717, 1.165) is 0 Å². The van der Waals surface area contributed by atoms with Crippen LogP contribution >= 0.6 is 0 Å². The Balaban J connectivity index is -0.00000000800. The zero-order valence-corrected chi connectivity index (χ0v) is 14.2. The molecule has 6 nitrogen and oxygen atoms in total. The fraction of sp³-hybridized carbons (Fsp3) is 0. The third-order valence-corrected chi connectivity index (χ3v) is 0. The van der Waals surface area contributed by atoms with Crippen LogP contribution < -0.4 is 19.2 Å². The zero-order chi connectivity index (χ0) is 7.15. The summed E-state index contributed by atoms with van der Waals surface area (Å²) in [6.07, 6.45) is 0. The molecule has 0 rings (SSSR count). The van der Waals surface area contributed by atoms with Gasteiger partial charge in [0.15, 0.2) is 0 Å². The minimum Gasteiger partial charge on any atom is -1.00 e. The minimum atomic E-state index is -3.63. The molecule has 0 unspecified atom stereocenters. The van der Waals surface area contributed by atoms with Crippen LogP contribution in [0.15, 0.2) is 0 Å². The second-order valence-electron chi connectivity index (χ2n) is 0.500. The van der Waals surface area contributed by atoms with E-state index in [0.29, 0.717) is 0 Å². The molecule has 0 bridgehead atoms. The van der Waals surface area contributed by atoms with Crippen LogP contribution in [0.4, 0.5) is 0 Å². The summed E-state index contributed by atoms with van der Waals surface area (Å²) in [5.74, 6) is 0. The van der Waals surface area contributed by atoms with Crippen LogP contribution in [-0.2, 0) is 8.92 Å². The SMILES string of the molecule is O=[Si]([O-])[O-].O=[Si]([O-])[O-].[Ca+2].[Ca+2].[Ca+2].[H-].[H-]. The topological polar surface area (TPSA) is 126 Å². The van der Waals surface area contributed by atoms with Crippen molar-refractivity contribution in [2.75, 3.05) is 0 Å². The molecule has 0 saturated heterocycles. The third kappa shape index (κ3) is 174. The van der Waals surface area contributed by atoms with Gasteiger partial charge in [-0.1, -0.05) is 0 Å². The van der Waals surface area contributed by atoms with Gasteiger partial charge in [0.1, 0.15) is 0 Å². The van der Waals surface area contributed by atoms with Crippen molar-refractivity contribution in [2.24, 2.45) is 0 Å². The van der Waals surface area contributed by atoms with E-state index in [1.807, 2.05) is 0 Å². The number of rotatable bonds is 0. The van der Waals surface area contributed by atoms with Gasteiger partial charge in [-0.15, -0.1) is 0 Å². The molecule has 0 N–H and O–H groups in total. The van der Waals surface area contributed by atoms with Crippen molar-refractivity contribution in [2.45, 2.75) is 0 Å². The Morgan fingerprint density at radius 3 is 0.727 bits per heavy atom. The number of hydrogen-bond donors (Lipinski definition) is 0. The van der Waals surface area contributed by atoms with E-state index in [2.05, 4.69) is 0 Å². The van der Waals surface area contributed by atoms with Gasteiger partial charge in [-0.25, -0.2) is 0 Å². The van der Waals surface area contributed by atoms with Gasteiger partial charge in [-0.2, -0.15) is 0 Å². The second-order valence-corrected chi connectivity index (χ2v) is 1.50. The molecule has 11 heavy (non-hydrogen) atoms. The maximum absolute atomic E-state index is 8.52. The maximum atomic E-state index is 8.52. The summed E-state index contributed by atoms with van der Waals surface area (Å²) < 4.78 is 17.0. The Hall–Kier alpha value is 3.01. The van der Waals surface area contributed by atoms with Crippen molar-refractivity contribution in [3.63, 3.8) is 0 Å². The first kappa shape index (κ1) is 29.2. The average Bonchev–Trinajstić information content (AvgIpc) is 1.25. The molecule has 0 saturated carbocycles. The van der Waals surface area contributed by atoms with Gasteiger partial charge in [-0.05, 0) is 0 Å². The Kier molecular flexibility index (Phi) is 61.4. The molecular formula is H2Ca3O6Si2. The van der Waals surface area contributed by atoms with Crippen LogP contribution in [0.1, 0.15) is 2.85 Å². The Morgan fingerprint density at radius 2 is 0.727 bits per heavy atom. The predicted octanol–water partition coefficient (Wildman–Crippen LogP) is -6.67. The second kappa shape index (κ2) is 23.1. The van der Waals surface area contributed by atoms with Crippen molar-refractivity contribution in [1.82, 2.24) is 0 Å². The summed E-state index contributed by atoms with van der Waals surface area (Å²) in [6.45, 7) is 0. The Morgan fingerprint density at radius 1 is 0.727 bits per heavy atom. The normalized spacial score (nSPS) is 4.36. The molecule has 0 heterocycles. The molecule has 0 aliphatic heterocycles. The van der Waals surface area contributed by atoms with Crippen LogP contribution in [0.3, 0.4) is 0 Å². The van der Waals surface area contributed by atoms with Crippen LogP contribution in [0.25, 0.3) is 0 Å². The molecule has 0 fully saturated rings. The van der Waals surface area contributed by atoms with Crippen LogP contribution in [0.2, 0.25) is 0 Å². The first-order valence-corrected chi connectivity index (χ1v) is 3.67. The minimum absolute atomic E-state index is 0. The van der Waals surface area contributed by atoms with Gasteiger partial charge in [0, 0.05) is 18.3 Å². The molecule has 52 valence electrons. The van der Waals surface area contributed by atoms with Gasteiger partial charge in [0.2, 0.25) is 0 Å². The van der Waals surface area contributed by atoms with Crippen molar-refractivity contribution in [1.29, 1.82) is 0 Å². The van der Waals surface area contributed by atoms with Crippen LogP contribution in [-0.4, -0.2) is 132 Å². The molecule has 0 aromatic heterocycles. The summed E-state index contributed by atoms with van der Waals surface area (Å²) in [6, 6.07) is 0. The molecule has 0 atom stereocenters. The van der Waals surface area contributed by atoms with E-state index < -0.39 is 18.3 Å². The molecule has 0 aromatic carbocycles. The third-order valence-electron chi connectivity index (χ3n) is 0. The van der Waals surface area contributed by atoms with Gasteiger partial charge in [0.05, 0.1) is 0 Å². The Bertz CT molecular complexity index is 81.9. The molecular weight excluding hydrogens is 272 g/mol. The van der Waals surface area contributed by atoms with Crippen LogP contribution in [0.5, 0.6) is 0 Å². The van der Waals surface area contributed by atoms with Gasteiger partial charge >= 0.3 is 113 Å². The Labute approximate surface area is 159 Å². The van der Waals surface area contributed by atoms with Gasteiger partial charge in [-0.3, -0.25) is 0 Å². The van der Waals surface area contributed by atoms with Crippen molar-refractivity contribution >= 4 is 132 Å². The monoisotopic (exact) mass is 274 g/mol. The van der Waals surface area contributed by atoms with Crippen molar-refractivity contribution in [3.8, 4) is 0 Å². The quantitative estimate of drug-likeness (QED) is 0.404. The van der Waals surface area contributed by atoms with Crippen molar-refractivity contribution < 1.29 is 31.0 Å². The van der Waals surface area contributed by atoms with E-state index in [1.54, 1.807) is 0 Å². The standard InChI is InChI=1S/3Ca.2O3Si.2H/c;;;2*1-4(2)3;;/q3*+2;2*-2;2*-1. The van der Waals surface area contributed by atoms with E-state index in [4.69, 9.17) is 28.1 Å². The average molecular weight is 274 g/mol. The van der Waals surface area contributed by atoms with Crippen molar-refractivity contribution in [3.05, 3.63) is 0 Å². The summed E-state index contributed by atoms with van der Waals surface area (Å²) in [7, 11) is -7.26. The van der Waals surface area contributed by atoms with E-state index in [9.17, 15) is 0 Å². The van der Waals surface area contributed by atoms with Gasteiger partial charge < -0.3 is 31.0 Å². The smallest absolute Gasteiger partial charge is 1.00 e. The molecule has 0 aliphatic carbocycles. The molecule has 11 heteroatoms. The maximum Gasteiger partial charge on any atom is 2.00 e. The first-order valence-electron chi connectivity index (χ1n) is 1.22. The summed E-state index contributed by atoms with van der Waals surface area (Å²) >= 11 is 0. The summed E-state index contributed by atoms with van der Waals surface area (Å²) in [5, 5.41) is 0. The first-order chi connectivity index (χ1) is 3.46. The molecule has 0 aliphatic rings. The van der Waals surface area contributed by atoms with E-state index in [1.165, 1.54) is 0 Å². The van der Waals surface area contributed by atoms with Crippen LogP contribution in [0, 0.1) is 0 Å². The fourth-order valence-electron chi connectivity index (χ4n) is 0. The zero-order valence-electron chi connectivity index (χ0n) is 7.57. The molecule has 0 aromatic rings. The largest absolute Gasteiger partial charge is 2.00 e. The molecule has 0 amide bonds. The predicted molar refractivity (Wildman–Crippen MR) is 32.4 cm³/mol. The van der Waals surface area contributed by atoms with Gasteiger partial charge in [0.25, 0.3) is 0 Å². The fourth-order valence-corrected chi connectivity index (χ4v) is 0. The summed E-state index contributed by atoms with van der Waals surface area (Å²) in [5.41, 5.74) is 0. The van der Waals surface area contributed by atoms with E-state index in [-0.39, 0.29) is 116 Å².